The van der Waals surface area contributed by atoms with Gasteiger partial charge in [0.2, 0.25) is 5.91 Å². The lowest BCUT2D eigenvalue weighted by atomic mass is 10.0. The van der Waals surface area contributed by atoms with Crippen molar-refractivity contribution in [1.82, 2.24) is 5.32 Å². The number of esters is 1. The van der Waals surface area contributed by atoms with Gasteiger partial charge in [0.05, 0.1) is 25.4 Å². The zero-order chi connectivity index (χ0) is 62.8. The van der Waals surface area contributed by atoms with Gasteiger partial charge in [-0.15, -0.1) is 0 Å². The summed E-state index contributed by atoms with van der Waals surface area (Å²) in [5.74, 6) is -0.0455. The van der Waals surface area contributed by atoms with Gasteiger partial charge >= 0.3 is 5.97 Å². The summed E-state index contributed by atoms with van der Waals surface area (Å²) < 4.78 is 5.51. The molecule has 2 atom stereocenters. The Kier molecular flexibility index (Phi) is 74.8. The van der Waals surface area contributed by atoms with E-state index in [0.717, 1.165) is 51.4 Å². The first-order chi connectivity index (χ1) is 43.0. The van der Waals surface area contributed by atoms with Crippen molar-refractivity contribution in [3.63, 3.8) is 0 Å². The highest BCUT2D eigenvalue weighted by Crippen LogP contribution is 2.20. The molecule has 0 bridgehead atoms. The summed E-state index contributed by atoms with van der Waals surface area (Å²) in [5, 5.41) is 23.3. The van der Waals surface area contributed by atoms with Gasteiger partial charge in [-0.2, -0.15) is 0 Å². The molecule has 0 spiro atoms. The molecule has 0 aromatic rings. The van der Waals surface area contributed by atoms with Crippen molar-refractivity contribution in [2.45, 2.75) is 456 Å². The van der Waals surface area contributed by atoms with Gasteiger partial charge < -0.3 is 20.3 Å². The van der Waals surface area contributed by atoms with E-state index in [1.807, 2.05) is 6.08 Å². The Morgan fingerprint density at radius 1 is 0.322 bits per heavy atom. The molecule has 2 unspecified atom stereocenters. The number of carbonyl (C=O) groups is 2. The van der Waals surface area contributed by atoms with Crippen LogP contribution < -0.4 is 5.32 Å². The van der Waals surface area contributed by atoms with Crippen LogP contribution in [0.5, 0.6) is 0 Å². The molecule has 6 heteroatoms. The maximum atomic E-state index is 12.6. The summed E-state index contributed by atoms with van der Waals surface area (Å²) in [6.45, 7) is 4.93. The molecule has 0 aliphatic carbocycles. The van der Waals surface area contributed by atoms with Crippen molar-refractivity contribution in [2.24, 2.45) is 0 Å². The summed E-state index contributed by atoms with van der Waals surface area (Å²) in [6, 6.07) is -0.628. The van der Waals surface area contributed by atoms with Crippen molar-refractivity contribution in [2.75, 3.05) is 13.2 Å². The predicted octanol–water partition coefficient (Wildman–Crippen LogP) is 26.2. The van der Waals surface area contributed by atoms with Crippen molar-refractivity contribution in [3.05, 3.63) is 36.5 Å². The number of hydrogen-bond donors (Lipinski definition) is 3. The van der Waals surface area contributed by atoms with E-state index in [1.165, 1.54) is 366 Å². The van der Waals surface area contributed by atoms with Gasteiger partial charge in [-0.1, -0.05) is 403 Å². The monoisotopic (exact) mass is 1220 g/mol. The first kappa shape index (κ1) is 85.1. The van der Waals surface area contributed by atoms with Crippen molar-refractivity contribution >= 4 is 11.9 Å². The maximum Gasteiger partial charge on any atom is 0.305 e. The fraction of sp³-hybridized carbons (Fsp3) is 0.901. The molecular weight excluding hydrogens is 1070 g/mol. The minimum Gasteiger partial charge on any atom is -0.466 e. The van der Waals surface area contributed by atoms with Crippen LogP contribution in [0.1, 0.15) is 444 Å². The standard InChI is InChI=1S/C81H155NO5/c1-3-5-7-9-11-13-15-17-19-21-23-24-25-31-34-38-41-45-49-53-57-61-65-69-73-79(84)78(77-83)82-80(85)74-70-66-62-58-54-50-46-42-39-35-32-29-27-26-28-30-33-36-40-44-48-52-56-60-64-68-72-76-87-81(86)75-71-67-63-59-55-51-47-43-37-22-20-18-16-14-12-10-8-6-4-2/h12,14,18,20,69,73,78-79,83-84H,3-11,13,15-17,19,21-68,70-72,74-77H2,1-2H3,(H,82,85)/b14-12-,20-18-,73-69+. The Bertz CT molecular complexity index is 1410. The summed E-state index contributed by atoms with van der Waals surface area (Å²) in [4.78, 5) is 24.7. The second-order valence-corrected chi connectivity index (χ2v) is 27.4. The summed E-state index contributed by atoms with van der Waals surface area (Å²) in [5.41, 5.74) is 0. The lowest BCUT2D eigenvalue weighted by Crippen LogP contribution is -2.45. The average molecular weight is 1220 g/mol. The van der Waals surface area contributed by atoms with E-state index in [0.29, 0.717) is 19.4 Å². The predicted molar refractivity (Wildman–Crippen MR) is 384 cm³/mol. The largest absolute Gasteiger partial charge is 0.466 e. The number of nitrogens with one attached hydrogen (secondary N) is 1. The van der Waals surface area contributed by atoms with E-state index in [1.54, 1.807) is 6.08 Å². The number of amides is 1. The molecule has 0 radical (unpaired) electrons. The third kappa shape index (κ3) is 73.0. The number of hydrogen-bond acceptors (Lipinski definition) is 5. The van der Waals surface area contributed by atoms with Crippen LogP contribution in [0.3, 0.4) is 0 Å². The maximum absolute atomic E-state index is 12.6. The van der Waals surface area contributed by atoms with Crippen molar-refractivity contribution in [3.8, 4) is 0 Å². The van der Waals surface area contributed by atoms with E-state index < -0.39 is 12.1 Å². The lowest BCUT2D eigenvalue weighted by molar-refractivity contribution is -0.143. The second kappa shape index (κ2) is 76.5. The number of unbranched alkanes of at least 4 members (excludes halogenated alkanes) is 60. The highest BCUT2D eigenvalue weighted by molar-refractivity contribution is 5.76. The number of rotatable bonds is 75. The van der Waals surface area contributed by atoms with Crippen LogP contribution in [-0.2, 0) is 14.3 Å². The Balaban J connectivity index is 3.37. The first-order valence-electron chi connectivity index (χ1n) is 39.8. The second-order valence-electron chi connectivity index (χ2n) is 27.4. The lowest BCUT2D eigenvalue weighted by Gasteiger charge is -2.20. The molecule has 1 amide bonds. The summed E-state index contributed by atoms with van der Waals surface area (Å²) >= 11 is 0. The van der Waals surface area contributed by atoms with Gasteiger partial charge in [-0.05, 0) is 64.2 Å². The SMILES string of the molecule is CCCCC/C=C\C/C=C\CCCCCCCCCCCC(=O)OCCCCCCCCCCCCCCCCCCCCCCCCCCCCCC(=O)NC(CO)C(O)/C=C/CCCCCCCCCCCCCCCCCCCCCCCC. The number of aliphatic hydroxyl groups is 2. The highest BCUT2D eigenvalue weighted by atomic mass is 16.5. The molecule has 0 saturated heterocycles. The third-order valence-corrected chi connectivity index (χ3v) is 18.7. The zero-order valence-corrected chi connectivity index (χ0v) is 59.0. The van der Waals surface area contributed by atoms with Crippen LogP contribution >= 0.6 is 0 Å². The first-order valence-corrected chi connectivity index (χ1v) is 39.8. The Labute approximate surface area is 544 Å². The molecule has 0 aliphatic heterocycles. The van der Waals surface area contributed by atoms with Gasteiger partial charge in [0.1, 0.15) is 0 Å². The molecule has 3 N–H and O–H groups in total. The zero-order valence-electron chi connectivity index (χ0n) is 59.0. The molecule has 0 saturated carbocycles. The minimum absolute atomic E-state index is 0.0148. The minimum atomic E-state index is -0.844. The molecule has 6 nitrogen and oxygen atoms in total. The molecule has 0 heterocycles. The molecule has 87 heavy (non-hydrogen) atoms. The number of ether oxygens (including phenoxy) is 1. The van der Waals surface area contributed by atoms with Crippen LogP contribution in [0.25, 0.3) is 0 Å². The smallest absolute Gasteiger partial charge is 0.305 e. The molecule has 0 aromatic carbocycles. The third-order valence-electron chi connectivity index (χ3n) is 18.7. The fourth-order valence-electron chi connectivity index (χ4n) is 12.6. The van der Waals surface area contributed by atoms with E-state index in [9.17, 15) is 19.8 Å². The van der Waals surface area contributed by atoms with Crippen LogP contribution in [0.15, 0.2) is 36.5 Å². The number of aliphatic hydroxyl groups excluding tert-OH is 2. The summed E-state index contributed by atoms with van der Waals surface area (Å²) in [7, 11) is 0. The Morgan fingerprint density at radius 2 is 0.575 bits per heavy atom. The highest BCUT2D eigenvalue weighted by Gasteiger charge is 2.18. The van der Waals surface area contributed by atoms with E-state index in [-0.39, 0.29) is 18.5 Å². The van der Waals surface area contributed by atoms with Crippen LogP contribution in [0.4, 0.5) is 0 Å². The van der Waals surface area contributed by atoms with Gasteiger partial charge in [0.15, 0.2) is 0 Å². The van der Waals surface area contributed by atoms with Gasteiger partial charge in [0, 0.05) is 12.8 Å². The molecular formula is C81H155NO5. The van der Waals surface area contributed by atoms with E-state index >= 15 is 0 Å². The van der Waals surface area contributed by atoms with E-state index in [4.69, 9.17) is 4.74 Å². The fourth-order valence-corrected chi connectivity index (χ4v) is 12.6. The molecule has 0 aliphatic rings. The average Bonchev–Trinajstić information content (AvgIpc) is 3.58. The van der Waals surface area contributed by atoms with Crippen LogP contribution in [0, 0.1) is 0 Å². The Morgan fingerprint density at radius 3 is 0.897 bits per heavy atom. The van der Waals surface area contributed by atoms with Crippen LogP contribution in [0.2, 0.25) is 0 Å². The molecule has 0 rings (SSSR count). The Hall–Kier alpha value is -1.92. The van der Waals surface area contributed by atoms with Crippen molar-refractivity contribution < 1.29 is 24.5 Å². The van der Waals surface area contributed by atoms with Gasteiger partial charge in [0.25, 0.3) is 0 Å². The molecule has 514 valence electrons. The van der Waals surface area contributed by atoms with Crippen molar-refractivity contribution in [1.29, 1.82) is 0 Å². The molecule has 0 aromatic heterocycles. The quantitative estimate of drug-likeness (QED) is 0.0320. The van der Waals surface area contributed by atoms with Gasteiger partial charge in [-0.3, -0.25) is 9.59 Å². The number of carbonyl (C=O) groups excluding carboxylic acids is 2. The summed E-state index contributed by atoms with van der Waals surface area (Å²) in [6.07, 6.45) is 99.7. The van der Waals surface area contributed by atoms with E-state index in [2.05, 4.69) is 43.5 Å². The van der Waals surface area contributed by atoms with Gasteiger partial charge in [-0.25, -0.2) is 0 Å². The molecule has 0 fully saturated rings. The number of allylic oxidation sites excluding steroid dienone is 5. The normalized spacial score (nSPS) is 12.6. The van der Waals surface area contributed by atoms with Crippen LogP contribution in [-0.4, -0.2) is 47.4 Å². The topological polar surface area (TPSA) is 95.9 Å².